The summed E-state index contributed by atoms with van der Waals surface area (Å²) in [6.45, 7) is 5.96. The van der Waals surface area contributed by atoms with Crippen LogP contribution in [0, 0.1) is 5.92 Å². The molecule has 0 aliphatic carbocycles. The van der Waals surface area contributed by atoms with Gasteiger partial charge in [-0.25, -0.2) is 0 Å². The zero-order valence-electron chi connectivity index (χ0n) is 18.1. The van der Waals surface area contributed by atoms with Crippen LogP contribution in [0.4, 0.5) is 0 Å². The van der Waals surface area contributed by atoms with Gasteiger partial charge in [-0.15, -0.1) is 0 Å². The Morgan fingerprint density at radius 1 is 1.20 bits per heavy atom. The monoisotopic (exact) mass is 412 g/mol. The van der Waals surface area contributed by atoms with E-state index in [1.807, 2.05) is 30.1 Å². The predicted molar refractivity (Wildman–Crippen MR) is 116 cm³/mol. The zero-order chi connectivity index (χ0) is 21.5. The predicted octanol–water partition coefficient (Wildman–Crippen LogP) is 3.60. The lowest BCUT2D eigenvalue weighted by Gasteiger charge is -2.33. The number of amides is 2. The number of para-hydroxylation sites is 1. The van der Waals surface area contributed by atoms with Crippen molar-refractivity contribution in [3.8, 4) is 5.75 Å². The molecule has 0 saturated heterocycles. The molecule has 0 spiro atoms. The number of aromatic amines is 1. The lowest BCUT2D eigenvalue weighted by atomic mass is 10.0. The summed E-state index contributed by atoms with van der Waals surface area (Å²) in [5, 5.41) is 6.74. The third kappa shape index (κ3) is 5.40. The van der Waals surface area contributed by atoms with Gasteiger partial charge in [0.2, 0.25) is 0 Å². The molecule has 1 aromatic heterocycles. The van der Waals surface area contributed by atoms with Crippen molar-refractivity contribution in [1.82, 2.24) is 20.0 Å². The summed E-state index contributed by atoms with van der Waals surface area (Å²) >= 11 is 0. The van der Waals surface area contributed by atoms with Crippen LogP contribution in [-0.2, 0) is 0 Å². The van der Waals surface area contributed by atoms with Gasteiger partial charge in [-0.05, 0) is 49.8 Å². The SMILES string of the molecule is CC(C)C[C@H]1COc2ccccc2C(=O)N(C)CCCCCN1C(=O)c1ccn[nH]1. The third-order valence-corrected chi connectivity index (χ3v) is 5.46. The number of hydrogen-bond donors (Lipinski definition) is 1. The van der Waals surface area contributed by atoms with Gasteiger partial charge in [0.15, 0.2) is 0 Å². The average molecular weight is 413 g/mol. The molecule has 30 heavy (non-hydrogen) atoms. The maximum atomic E-state index is 13.2. The second kappa shape index (κ2) is 10.3. The molecule has 1 aliphatic heterocycles. The Kier molecular flexibility index (Phi) is 7.49. The first-order valence-electron chi connectivity index (χ1n) is 10.7. The first-order valence-corrected chi connectivity index (χ1v) is 10.7. The number of H-pyrrole nitrogens is 1. The Hall–Kier alpha value is -2.83. The molecule has 3 rings (SSSR count). The number of fused-ring (bicyclic) bond motifs is 1. The van der Waals surface area contributed by atoms with E-state index in [-0.39, 0.29) is 17.9 Å². The van der Waals surface area contributed by atoms with Gasteiger partial charge >= 0.3 is 0 Å². The fourth-order valence-electron chi connectivity index (χ4n) is 3.88. The average Bonchev–Trinajstić information content (AvgIpc) is 3.27. The van der Waals surface area contributed by atoms with Gasteiger partial charge in [-0.1, -0.05) is 26.0 Å². The van der Waals surface area contributed by atoms with E-state index in [4.69, 9.17) is 4.74 Å². The van der Waals surface area contributed by atoms with E-state index in [1.54, 1.807) is 23.2 Å². The standard InChI is InChI=1S/C23H32N4O3/c1-17(2)15-18-16-30-21-10-6-5-9-19(21)22(28)26(3)13-7-4-8-14-27(18)23(29)20-11-12-24-25-20/h5-6,9-12,17-18H,4,7-8,13-16H2,1-3H3,(H,24,25)/t18-/m0/s1. The minimum Gasteiger partial charge on any atom is -0.491 e. The summed E-state index contributed by atoms with van der Waals surface area (Å²) in [6.07, 6.45) is 5.13. The highest BCUT2D eigenvalue weighted by molar-refractivity contribution is 5.96. The molecule has 0 saturated carbocycles. The van der Waals surface area contributed by atoms with Gasteiger partial charge in [0.05, 0.1) is 11.6 Å². The molecular formula is C23H32N4O3. The van der Waals surface area contributed by atoms with E-state index >= 15 is 0 Å². The lowest BCUT2D eigenvalue weighted by molar-refractivity contribution is 0.0567. The van der Waals surface area contributed by atoms with Crippen molar-refractivity contribution in [2.75, 3.05) is 26.7 Å². The van der Waals surface area contributed by atoms with E-state index in [9.17, 15) is 9.59 Å². The minimum absolute atomic E-state index is 0.0318. The van der Waals surface area contributed by atoms with Crippen molar-refractivity contribution in [2.45, 2.75) is 45.6 Å². The second-order valence-electron chi connectivity index (χ2n) is 8.35. The van der Waals surface area contributed by atoms with E-state index in [1.165, 1.54) is 0 Å². The molecule has 7 heteroatoms. The number of ether oxygens (including phenoxy) is 1. The molecule has 0 radical (unpaired) electrons. The van der Waals surface area contributed by atoms with Crippen molar-refractivity contribution in [3.05, 3.63) is 47.8 Å². The van der Waals surface area contributed by atoms with Crippen molar-refractivity contribution in [3.63, 3.8) is 0 Å². The quantitative estimate of drug-likeness (QED) is 0.835. The van der Waals surface area contributed by atoms with Crippen LogP contribution in [0.5, 0.6) is 5.75 Å². The van der Waals surface area contributed by atoms with Crippen LogP contribution in [0.1, 0.15) is 60.4 Å². The maximum Gasteiger partial charge on any atom is 0.272 e. The summed E-state index contributed by atoms with van der Waals surface area (Å²) in [7, 11) is 1.83. The summed E-state index contributed by atoms with van der Waals surface area (Å²) < 4.78 is 6.16. The lowest BCUT2D eigenvalue weighted by Crippen LogP contribution is -2.45. The van der Waals surface area contributed by atoms with Gasteiger partial charge in [-0.2, -0.15) is 5.10 Å². The number of benzene rings is 1. The van der Waals surface area contributed by atoms with Crippen LogP contribution < -0.4 is 4.74 Å². The van der Waals surface area contributed by atoms with Crippen LogP contribution in [0.2, 0.25) is 0 Å². The first-order chi connectivity index (χ1) is 14.5. The van der Waals surface area contributed by atoms with E-state index in [0.717, 1.165) is 25.7 Å². The molecule has 1 aliphatic rings. The van der Waals surface area contributed by atoms with Crippen LogP contribution >= 0.6 is 0 Å². The number of aromatic nitrogens is 2. The Balaban J connectivity index is 1.91. The highest BCUT2D eigenvalue weighted by Crippen LogP contribution is 2.23. The Bertz CT molecular complexity index is 835. The topological polar surface area (TPSA) is 78.5 Å². The fourth-order valence-corrected chi connectivity index (χ4v) is 3.88. The van der Waals surface area contributed by atoms with Gasteiger partial charge in [0, 0.05) is 26.3 Å². The maximum absolute atomic E-state index is 13.2. The molecule has 2 aromatic rings. The number of rotatable bonds is 3. The van der Waals surface area contributed by atoms with Gasteiger partial charge in [0.25, 0.3) is 11.8 Å². The molecule has 2 heterocycles. The zero-order valence-corrected chi connectivity index (χ0v) is 18.1. The molecule has 0 unspecified atom stereocenters. The van der Waals surface area contributed by atoms with E-state index < -0.39 is 0 Å². The van der Waals surface area contributed by atoms with Gasteiger partial charge in [-0.3, -0.25) is 14.7 Å². The number of nitrogens with zero attached hydrogens (tertiary/aromatic N) is 3. The van der Waals surface area contributed by atoms with Crippen LogP contribution in [-0.4, -0.2) is 64.6 Å². The van der Waals surface area contributed by atoms with Crippen molar-refractivity contribution in [2.24, 2.45) is 5.92 Å². The molecule has 162 valence electrons. The molecule has 0 bridgehead atoms. The first kappa shape index (κ1) is 21.9. The smallest absolute Gasteiger partial charge is 0.272 e. The number of nitrogens with one attached hydrogen (secondary N) is 1. The summed E-state index contributed by atoms with van der Waals surface area (Å²) in [5.41, 5.74) is 1.05. The molecule has 1 N–H and O–H groups in total. The van der Waals surface area contributed by atoms with E-state index in [0.29, 0.717) is 42.6 Å². The highest BCUT2D eigenvalue weighted by atomic mass is 16.5. The molecule has 1 atom stereocenters. The van der Waals surface area contributed by atoms with E-state index in [2.05, 4.69) is 24.0 Å². The largest absolute Gasteiger partial charge is 0.491 e. The van der Waals surface area contributed by atoms with Gasteiger partial charge < -0.3 is 14.5 Å². The summed E-state index contributed by atoms with van der Waals surface area (Å²) in [6, 6.07) is 8.97. The number of hydrogen-bond acceptors (Lipinski definition) is 4. The number of carbonyl (C=O) groups is 2. The molecule has 7 nitrogen and oxygen atoms in total. The molecular weight excluding hydrogens is 380 g/mol. The molecule has 0 fully saturated rings. The summed E-state index contributed by atoms with van der Waals surface area (Å²) in [5.74, 6) is 0.874. The third-order valence-electron chi connectivity index (χ3n) is 5.46. The Morgan fingerprint density at radius 3 is 2.70 bits per heavy atom. The molecule has 1 aromatic carbocycles. The fraction of sp³-hybridized carbons (Fsp3) is 0.522. The second-order valence-corrected chi connectivity index (χ2v) is 8.35. The van der Waals surface area contributed by atoms with Crippen LogP contribution in [0.15, 0.2) is 36.5 Å². The summed E-state index contributed by atoms with van der Waals surface area (Å²) in [4.78, 5) is 29.8. The normalized spacial score (nSPS) is 18.8. The van der Waals surface area contributed by atoms with Gasteiger partial charge in [0.1, 0.15) is 18.1 Å². The van der Waals surface area contributed by atoms with Crippen molar-refractivity contribution >= 4 is 11.8 Å². The minimum atomic E-state index is -0.0950. The van der Waals surface area contributed by atoms with Crippen molar-refractivity contribution in [1.29, 1.82) is 0 Å². The van der Waals surface area contributed by atoms with Crippen LogP contribution in [0.25, 0.3) is 0 Å². The molecule has 2 amide bonds. The number of carbonyl (C=O) groups excluding carboxylic acids is 2. The Morgan fingerprint density at radius 2 is 1.97 bits per heavy atom. The Labute approximate surface area is 178 Å². The van der Waals surface area contributed by atoms with Crippen LogP contribution in [0.3, 0.4) is 0 Å². The van der Waals surface area contributed by atoms with Crippen molar-refractivity contribution < 1.29 is 14.3 Å². The highest BCUT2D eigenvalue weighted by Gasteiger charge is 2.28.